The van der Waals surface area contributed by atoms with E-state index in [-0.39, 0.29) is 5.41 Å². The Morgan fingerprint density at radius 2 is 2.24 bits per heavy atom. The second kappa shape index (κ2) is 6.88. The molecule has 2 nitrogen and oxygen atoms in total. The summed E-state index contributed by atoms with van der Waals surface area (Å²) in [5.41, 5.74) is 5.89. The van der Waals surface area contributed by atoms with Crippen molar-refractivity contribution < 1.29 is 0 Å². The van der Waals surface area contributed by atoms with Gasteiger partial charge in [-0.3, -0.25) is 0 Å². The minimum atomic E-state index is 0.184. The van der Waals surface area contributed by atoms with Crippen LogP contribution in [0.5, 0.6) is 0 Å². The van der Waals surface area contributed by atoms with Crippen LogP contribution in [0.3, 0.4) is 0 Å². The number of hydrogen-bond acceptors (Lipinski definition) is 3. The fraction of sp³-hybridized carbons (Fsp3) is 0.692. The van der Waals surface area contributed by atoms with E-state index in [1.807, 2.05) is 11.3 Å². The third-order valence-corrected chi connectivity index (χ3v) is 5.20. The van der Waals surface area contributed by atoms with Gasteiger partial charge in [-0.1, -0.05) is 27.2 Å². The molecule has 1 atom stereocenters. The highest BCUT2D eigenvalue weighted by Gasteiger charge is 2.22. The van der Waals surface area contributed by atoms with Gasteiger partial charge >= 0.3 is 0 Å². The molecule has 0 aromatic carbocycles. The van der Waals surface area contributed by atoms with Crippen LogP contribution in [0.25, 0.3) is 0 Å². The van der Waals surface area contributed by atoms with Gasteiger partial charge in [-0.2, -0.15) is 0 Å². The van der Waals surface area contributed by atoms with Crippen LogP contribution in [0.15, 0.2) is 15.9 Å². The van der Waals surface area contributed by atoms with E-state index in [0.717, 1.165) is 26.1 Å². The molecule has 1 rings (SSSR count). The summed E-state index contributed by atoms with van der Waals surface area (Å²) in [6, 6.07) is 2.21. The van der Waals surface area contributed by atoms with Crippen molar-refractivity contribution in [2.45, 2.75) is 32.6 Å². The molecule has 0 saturated carbocycles. The molecule has 3 N–H and O–H groups in total. The van der Waals surface area contributed by atoms with E-state index in [9.17, 15) is 0 Å². The lowest BCUT2D eigenvalue weighted by atomic mass is 9.91. The predicted molar refractivity (Wildman–Crippen MR) is 80.8 cm³/mol. The Hall–Kier alpha value is 0.1000. The maximum absolute atomic E-state index is 5.70. The molecule has 1 unspecified atom stereocenters. The normalized spacial score (nSPS) is 13.9. The maximum Gasteiger partial charge on any atom is 0.0285 e. The van der Waals surface area contributed by atoms with Crippen molar-refractivity contribution in [1.82, 2.24) is 5.32 Å². The lowest BCUT2D eigenvalue weighted by Crippen LogP contribution is -2.36. The van der Waals surface area contributed by atoms with Crippen molar-refractivity contribution in [3.63, 3.8) is 0 Å². The molecule has 0 saturated heterocycles. The lowest BCUT2D eigenvalue weighted by Gasteiger charge is -2.25. The highest BCUT2D eigenvalue weighted by molar-refractivity contribution is 9.10. The average Bonchev–Trinajstić information content (AvgIpc) is 2.72. The standard InChI is InChI=1S/C13H23BrN2S/c1-4-10(6-15)7-16-9-13(2,3)12-5-11(14)8-17-12/h5,8,10,16H,4,6-7,9,15H2,1-3H3. The fourth-order valence-electron chi connectivity index (χ4n) is 1.74. The van der Waals surface area contributed by atoms with Crippen LogP contribution in [0.2, 0.25) is 0 Å². The smallest absolute Gasteiger partial charge is 0.0285 e. The van der Waals surface area contributed by atoms with Gasteiger partial charge in [0.1, 0.15) is 0 Å². The zero-order valence-corrected chi connectivity index (χ0v) is 13.3. The molecule has 0 spiro atoms. The first-order chi connectivity index (χ1) is 7.99. The van der Waals surface area contributed by atoms with Crippen LogP contribution < -0.4 is 11.1 Å². The monoisotopic (exact) mass is 318 g/mol. The van der Waals surface area contributed by atoms with Crippen molar-refractivity contribution in [3.8, 4) is 0 Å². The Kier molecular flexibility index (Phi) is 6.13. The number of rotatable bonds is 7. The summed E-state index contributed by atoms with van der Waals surface area (Å²) in [5, 5.41) is 5.69. The molecule has 1 aromatic rings. The average molecular weight is 319 g/mol. The van der Waals surface area contributed by atoms with Crippen molar-refractivity contribution in [2.24, 2.45) is 11.7 Å². The third kappa shape index (κ3) is 4.70. The van der Waals surface area contributed by atoms with E-state index in [1.165, 1.54) is 9.35 Å². The fourth-order valence-corrected chi connectivity index (χ4v) is 3.29. The molecule has 0 aliphatic carbocycles. The molecule has 0 radical (unpaired) electrons. The summed E-state index contributed by atoms with van der Waals surface area (Å²) >= 11 is 5.33. The molecule has 0 fully saturated rings. The van der Waals surface area contributed by atoms with Crippen molar-refractivity contribution in [3.05, 3.63) is 20.8 Å². The minimum absolute atomic E-state index is 0.184. The quantitative estimate of drug-likeness (QED) is 0.809. The van der Waals surface area contributed by atoms with Gasteiger partial charge < -0.3 is 11.1 Å². The van der Waals surface area contributed by atoms with Crippen LogP contribution >= 0.6 is 27.3 Å². The Morgan fingerprint density at radius 3 is 2.71 bits per heavy atom. The molecule has 0 bridgehead atoms. The summed E-state index contributed by atoms with van der Waals surface area (Å²) in [6.45, 7) is 9.54. The summed E-state index contributed by atoms with van der Waals surface area (Å²) < 4.78 is 1.18. The Labute approximate surface area is 117 Å². The zero-order valence-electron chi connectivity index (χ0n) is 10.9. The number of thiophene rings is 1. The largest absolute Gasteiger partial charge is 0.330 e. The highest BCUT2D eigenvalue weighted by atomic mass is 79.9. The van der Waals surface area contributed by atoms with Crippen LogP contribution in [-0.2, 0) is 5.41 Å². The SMILES string of the molecule is CCC(CN)CNCC(C)(C)c1cc(Br)cs1. The minimum Gasteiger partial charge on any atom is -0.330 e. The lowest BCUT2D eigenvalue weighted by molar-refractivity contribution is 0.418. The summed E-state index contributed by atoms with van der Waals surface area (Å²) in [4.78, 5) is 1.41. The van der Waals surface area contributed by atoms with Crippen molar-refractivity contribution in [2.75, 3.05) is 19.6 Å². The number of hydrogen-bond donors (Lipinski definition) is 2. The molecule has 1 aromatic heterocycles. The first kappa shape index (κ1) is 15.2. The topological polar surface area (TPSA) is 38.0 Å². The summed E-state index contributed by atoms with van der Waals surface area (Å²) in [5.74, 6) is 0.598. The molecule has 0 amide bonds. The van der Waals surface area contributed by atoms with E-state index in [1.54, 1.807) is 0 Å². The van der Waals surface area contributed by atoms with Gasteiger partial charge in [0.15, 0.2) is 0 Å². The molecular weight excluding hydrogens is 296 g/mol. The number of halogens is 1. The second-order valence-electron chi connectivity index (χ2n) is 5.15. The number of nitrogens with one attached hydrogen (secondary N) is 1. The molecule has 98 valence electrons. The van der Waals surface area contributed by atoms with Crippen molar-refractivity contribution >= 4 is 27.3 Å². The second-order valence-corrected chi connectivity index (χ2v) is 6.98. The van der Waals surface area contributed by atoms with Gasteiger partial charge in [0.05, 0.1) is 0 Å². The summed E-state index contributed by atoms with van der Waals surface area (Å²) in [6.07, 6.45) is 1.15. The van der Waals surface area contributed by atoms with E-state index < -0.39 is 0 Å². The zero-order chi connectivity index (χ0) is 12.9. The first-order valence-electron chi connectivity index (χ1n) is 6.15. The molecule has 4 heteroatoms. The van der Waals surface area contributed by atoms with Crippen LogP contribution in [0.1, 0.15) is 32.1 Å². The Bertz CT molecular complexity index is 332. The summed E-state index contributed by atoms with van der Waals surface area (Å²) in [7, 11) is 0. The van der Waals surface area contributed by atoms with E-state index in [0.29, 0.717) is 5.92 Å². The van der Waals surface area contributed by atoms with Crippen molar-refractivity contribution in [1.29, 1.82) is 0 Å². The molecule has 17 heavy (non-hydrogen) atoms. The Balaban J connectivity index is 2.44. The molecule has 1 heterocycles. The van der Waals surface area contributed by atoms with Gasteiger partial charge in [0.25, 0.3) is 0 Å². The highest BCUT2D eigenvalue weighted by Crippen LogP contribution is 2.30. The van der Waals surface area contributed by atoms with Gasteiger partial charge in [0, 0.05) is 26.7 Å². The molecular formula is C13H23BrN2S. The Morgan fingerprint density at radius 1 is 1.53 bits per heavy atom. The van der Waals surface area contributed by atoms with Crippen LogP contribution in [0, 0.1) is 5.92 Å². The predicted octanol–water partition coefficient (Wildman–Crippen LogP) is 3.36. The van der Waals surface area contributed by atoms with Crippen LogP contribution in [-0.4, -0.2) is 19.6 Å². The van der Waals surface area contributed by atoms with E-state index in [2.05, 4.69) is 53.5 Å². The van der Waals surface area contributed by atoms with Gasteiger partial charge in [-0.25, -0.2) is 0 Å². The molecule has 0 aliphatic rings. The third-order valence-electron chi connectivity index (χ3n) is 3.15. The maximum atomic E-state index is 5.70. The van der Waals surface area contributed by atoms with Crippen LogP contribution in [0.4, 0.5) is 0 Å². The van der Waals surface area contributed by atoms with E-state index in [4.69, 9.17) is 5.73 Å². The van der Waals surface area contributed by atoms with Gasteiger partial charge in [-0.05, 0) is 41.0 Å². The van der Waals surface area contributed by atoms with Gasteiger partial charge in [-0.15, -0.1) is 11.3 Å². The number of nitrogens with two attached hydrogens (primary N) is 1. The first-order valence-corrected chi connectivity index (χ1v) is 7.82. The molecule has 0 aliphatic heterocycles. The van der Waals surface area contributed by atoms with Gasteiger partial charge in [0.2, 0.25) is 0 Å². The van der Waals surface area contributed by atoms with E-state index >= 15 is 0 Å².